The first-order valence-corrected chi connectivity index (χ1v) is 15.9. The van der Waals surface area contributed by atoms with Gasteiger partial charge in [-0.05, 0) is 68.4 Å². The number of nitrogens with zero attached hydrogens (tertiary/aromatic N) is 3. The van der Waals surface area contributed by atoms with Crippen LogP contribution >= 0.6 is 34.4 Å². The lowest BCUT2D eigenvalue weighted by atomic mass is 9.88. The fourth-order valence-electron chi connectivity index (χ4n) is 5.33. The molecule has 37 heavy (non-hydrogen) atoms. The minimum Gasteiger partial charge on any atom is -0.465 e. The number of rotatable bonds is 8. The molecule has 0 bridgehead atoms. The minimum atomic E-state index is -0.372. The Kier molecular flexibility index (Phi) is 8.36. The molecule has 10 heteroatoms. The lowest BCUT2D eigenvalue weighted by Gasteiger charge is -2.19. The SMILES string of the molecule is CCCn1c(SCC(=O)Nc2sc3c(c2C(=O)OC)CCCCC3)nnc1-c1csc2c1CCC(C)C2. The van der Waals surface area contributed by atoms with E-state index in [0.717, 1.165) is 80.4 Å². The van der Waals surface area contributed by atoms with E-state index in [1.165, 1.54) is 57.5 Å². The van der Waals surface area contributed by atoms with Gasteiger partial charge in [0.15, 0.2) is 11.0 Å². The van der Waals surface area contributed by atoms with Crippen molar-refractivity contribution in [2.75, 3.05) is 18.2 Å². The fraction of sp³-hybridized carbons (Fsp3) is 0.556. The Morgan fingerprint density at radius 3 is 2.81 bits per heavy atom. The standard InChI is InChI=1S/C27H34N4O3S3/c1-4-12-31-24(19-14-35-21-13-16(2)10-11-17(19)21)29-30-27(31)36-15-22(32)28-25-23(26(33)34-3)18-8-6-5-7-9-20(18)37-25/h14,16H,4-13,15H2,1-3H3,(H,28,32). The largest absolute Gasteiger partial charge is 0.465 e. The molecule has 0 fully saturated rings. The second kappa shape index (κ2) is 11.7. The number of hydrogen-bond donors (Lipinski definition) is 1. The Labute approximate surface area is 230 Å². The van der Waals surface area contributed by atoms with Gasteiger partial charge in [0.1, 0.15) is 5.00 Å². The summed E-state index contributed by atoms with van der Waals surface area (Å²) in [6.07, 6.45) is 9.52. The van der Waals surface area contributed by atoms with Crippen LogP contribution in [0.4, 0.5) is 5.00 Å². The molecule has 2 aliphatic carbocycles. The molecule has 7 nitrogen and oxygen atoms in total. The predicted molar refractivity (Wildman–Crippen MR) is 151 cm³/mol. The molecule has 0 aromatic carbocycles. The molecule has 2 aliphatic rings. The van der Waals surface area contributed by atoms with Crippen molar-refractivity contribution in [1.29, 1.82) is 0 Å². The maximum absolute atomic E-state index is 13.0. The number of hydrogen-bond acceptors (Lipinski definition) is 8. The zero-order valence-electron chi connectivity index (χ0n) is 21.7. The normalized spacial score (nSPS) is 17.1. The highest BCUT2D eigenvalue weighted by molar-refractivity contribution is 7.99. The van der Waals surface area contributed by atoms with Crippen LogP contribution in [0.25, 0.3) is 11.4 Å². The van der Waals surface area contributed by atoms with Crippen LogP contribution in [0.5, 0.6) is 0 Å². The Bertz CT molecular complexity index is 1290. The molecule has 0 saturated carbocycles. The summed E-state index contributed by atoms with van der Waals surface area (Å²) in [5.74, 6) is 1.32. The summed E-state index contributed by atoms with van der Waals surface area (Å²) in [7, 11) is 1.40. The van der Waals surface area contributed by atoms with Gasteiger partial charge in [0.2, 0.25) is 5.91 Å². The van der Waals surface area contributed by atoms with Gasteiger partial charge in [0, 0.05) is 27.2 Å². The van der Waals surface area contributed by atoms with Gasteiger partial charge in [0.05, 0.1) is 18.4 Å². The smallest absolute Gasteiger partial charge is 0.341 e. The van der Waals surface area contributed by atoms with Crippen LogP contribution in [0.2, 0.25) is 0 Å². The van der Waals surface area contributed by atoms with Crippen molar-refractivity contribution in [2.45, 2.75) is 83.3 Å². The van der Waals surface area contributed by atoms with Crippen LogP contribution < -0.4 is 5.32 Å². The summed E-state index contributed by atoms with van der Waals surface area (Å²) in [6.45, 7) is 5.27. The number of anilines is 1. The quantitative estimate of drug-likeness (QED) is 0.196. The topological polar surface area (TPSA) is 86.1 Å². The molecule has 5 rings (SSSR count). The molecule has 198 valence electrons. The number of ether oxygens (including phenoxy) is 1. The predicted octanol–water partition coefficient (Wildman–Crippen LogP) is 6.39. The van der Waals surface area contributed by atoms with Crippen LogP contribution in [-0.4, -0.2) is 39.5 Å². The third-order valence-electron chi connectivity index (χ3n) is 7.20. The first-order chi connectivity index (χ1) is 18.0. The maximum Gasteiger partial charge on any atom is 0.341 e. The molecule has 0 saturated heterocycles. The number of aryl methyl sites for hydroxylation is 1. The van der Waals surface area contributed by atoms with Crippen molar-refractivity contribution in [3.63, 3.8) is 0 Å². The highest BCUT2D eigenvalue weighted by atomic mass is 32.2. The van der Waals surface area contributed by atoms with Crippen LogP contribution in [-0.2, 0) is 41.8 Å². The van der Waals surface area contributed by atoms with E-state index in [-0.39, 0.29) is 17.6 Å². The lowest BCUT2D eigenvalue weighted by Crippen LogP contribution is -2.17. The van der Waals surface area contributed by atoms with E-state index < -0.39 is 0 Å². The second-order valence-electron chi connectivity index (χ2n) is 9.95. The van der Waals surface area contributed by atoms with E-state index in [1.54, 1.807) is 0 Å². The lowest BCUT2D eigenvalue weighted by molar-refractivity contribution is -0.113. The van der Waals surface area contributed by atoms with Crippen molar-refractivity contribution >= 4 is 51.3 Å². The number of carbonyl (C=O) groups excluding carboxylic acids is 2. The average molecular weight is 559 g/mol. The number of aromatic nitrogens is 3. The molecule has 1 atom stereocenters. The Hall–Kier alpha value is -2.17. The number of thiophene rings is 2. The number of amides is 1. The van der Waals surface area contributed by atoms with Gasteiger partial charge in [-0.15, -0.1) is 32.9 Å². The first-order valence-electron chi connectivity index (χ1n) is 13.2. The molecule has 1 unspecified atom stereocenters. The van der Waals surface area contributed by atoms with Crippen molar-refractivity contribution in [2.24, 2.45) is 5.92 Å². The van der Waals surface area contributed by atoms with Crippen molar-refractivity contribution < 1.29 is 14.3 Å². The molecule has 0 aliphatic heterocycles. The van der Waals surface area contributed by atoms with Gasteiger partial charge < -0.3 is 14.6 Å². The Morgan fingerprint density at radius 1 is 1.16 bits per heavy atom. The van der Waals surface area contributed by atoms with E-state index in [9.17, 15) is 9.59 Å². The van der Waals surface area contributed by atoms with Crippen molar-refractivity contribution in [3.05, 3.63) is 31.8 Å². The highest BCUT2D eigenvalue weighted by Crippen LogP contribution is 2.40. The maximum atomic E-state index is 13.0. The molecule has 1 N–H and O–H groups in total. The number of thioether (sulfide) groups is 1. The zero-order valence-corrected chi connectivity index (χ0v) is 24.2. The van der Waals surface area contributed by atoms with Crippen LogP contribution in [0.15, 0.2) is 10.5 Å². The number of nitrogens with one attached hydrogen (secondary N) is 1. The third-order valence-corrected chi connectivity index (χ3v) is 10.4. The van der Waals surface area contributed by atoms with E-state index in [2.05, 4.69) is 39.3 Å². The van der Waals surface area contributed by atoms with E-state index in [1.807, 2.05) is 11.3 Å². The second-order valence-corrected chi connectivity index (χ2v) is 13.0. The van der Waals surface area contributed by atoms with Crippen molar-refractivity contribution in [3.8, 4) is 11.4 Å². The molecule has 3 aromatic heterocycles. The molecule has 0 radical (unpaired) electrons. The van der Waals surface area contributed by atoms with Gasteiger partial charge >= 0.3 is 5.97 Å². The first kappa shape index (κ1) is 26.4. The molecule has 3 aromatic rings. The Morgan fingerprint density at radius 2 is 2.00 bits per heavy atom. The van der Waals surface area contributed by atoms with E-state index in [0.29, 0.717) is 10.6 Å². The highest BCUT2D eigenvalue weighted by Gasteiger charge is 2.27. The number of fused-ring (bicyclic) bond motifs is 2. The summed E-state index contributed by atoms with van der Waals surface area (Å²) in [4.78, 5) is 28.3. The van der Waals surface area contributed by atoms with Gasteiger partial charge in [-0.3, -0.25) is 4.79 Å². The summed E-state index contributed by atoms with van der Waals surface area (Å²) in [5, 5.41) is 15.7. The van der Waals surface area contributed by atoms with Gasteiger partial charge in [-0.1, -0.05) is 32.0 Å². The van der Waals surface area contributed by atoms with Crippen LogP contribution in [0, 0.1) is 5.92 Å². The van der Waals surface area contributed by atoms with Gasteiger partial charge in [0.25, 0.3) is 0 Å². The number of carbonyl (C=O) groups is 2. The Balaban J connectivity index is 1.32. The van der Waals surface area contributed by atoms with Crippen molar-refractivity contribution in [1.82, 2.24) is 14.8 Å². The van der Waals surface area contributed by atoms with Gasteiger partial charge in [-0.25, -0.2) is 4.79 Å². The molecular formula is C27H34N4O3S3. The molecule has 0 spiro atoms. The molecular weight excluding hydrogens is 525 g/mol. The zero-order chi connectivity index (χ0) is 25.9. The summed E-state index contributed by atoms with van der Waals surface area (Å²) < 4.78 is 7.23. The van der Waals surface area contributed by atoms with E-state index >= 15 is 0 Å². The summed E-state index contributed by atoms with van der Waals surface area (Å²) >= 11 is 4.75. The fourth-order valence-corrected chi connectivity index (χ4v) is 8.63. The van der Waals surface area contributed by atoms with E-state index in [4.69, 9.17) is 4.74 Å². The van der Waals surface area contributed by atoms with Gasteiger partial charge in [-0.2, -0.15) is 0 Å². The van der Waals surface area contributed by atoms with Crippen LogP contribution in [0.3, 0.4) is 0 Å². The third kappa shape index (κ3) is 5.52. The summed E-state index contributed by atoms with van der Waals surface area (Å²) in [5.41, 5.74) is 4.22. The molecule has 1 amide bonds. The summed E-state index contributed by atoms with van der Waals surface area (Å²) in [6, 6.07) is 0. The molecule has 3 heterocycles. The monoisotopic (exact) mass is 558 g/mol. The average Bonchev–Trinajstić information content (AvgIpc) is 3.52. The number of methoxy groups -OCH3 is 1. The minimum absolute atomic E-state index is 0.152. The number of esters is 1. The van der Waals surface area contributed by atoms with Crippen LogP contribution in [0.1, 0.15) is 77.2 Å².